The zero-order valence-electron chi connectivity index (χ0n) is 11.7. The van der Waals surface area contributed by atoms with Crippen LogP contribution >= 0.6 is 0 Å². The van der Waals surface area contributed by atoms with Crippen molar-refractivity contribution in [3.63, 3.8) is 0 Å². The standard InChI is InChI=1S/C13H16N6O2/c1-2-5-19-9-15-17-11(19)7-14-8-12-16-13(18-21-12)10-4-3-6-20-10/h3-4,6,9,14H,2,5,7-8H2,1H3. The first-order valence-electron chi connectivity index (χ1n) is 6.80. The van der Waals surface area contributed by atoms with Crippen molar-refractivity contribution in [2.75, 3.05) is 0 Å². The van der Waals surface area contributed by atoms with E-state index in [9.17, 15) is 0 Å². The van der Waals surface area contributed by atoms with Gasteiger partial charge in [-0.1, -0.05) is 12.1 Å². The van der Waals surface area contributed by atoms with Gasteiger partial charge in [0.15, 0.2) is 5.76 Å². The maximum Gasteiger partial charge on any atom is 0.241 e. The van der Waals surface area contributed by atoms with Crippen LogP contribution in [0.15, 0.2) is 33.7 Å². The lowest BCUT2D eigenvalue weighted by molar-refractivity contribution is 0.365. The van der Waals surface area contributed by atoms with Crippen LogP contribution in [0.2, 0.25) is 0 Å². The number of furan rings is 1. The van der Waals surface area contributed by atoms with E-state index >= 15 is 0 Å². The highest BCUT2D eigenvalue weighted by molar-refractivity contribution is 5.44. The van der Waals surface area contributed by atoms with E-state index < -0.39 is 0 Å². The molecule has 0 saturated carbocycles. The van der Waals surface area contributed by atoms with Crippen molar-refractivity contribution < 1.29 is 8.94 Å². The summed E-state index contributed by atoms with van der Waals surface area (Å²) >= 11 is 0. The molecule has 3 rings (SSSR count). The SMILES string of the molecule is CCCn1cnnc1CNCc1nc(-c2ccco2)no1. The van der Waals surface area contributed by atoms with Gasteiger partial charge in [0, 0.05) is 6.54 Å². The summed E-state index contributed by atoms with van der Waals surface area (Å²) in [7, 11) is 0. The summed E-state index contributed by atoms with van der Waals surface area (Å²) in [5, 5.41) is 15.1. The molecule has 0 aliphatic heterocycles. The Hall–Kier alpha value is -2.48. The first kappa shape index (κ1) is 13.5. The van der Waals surface area contributed by atoms with Gasteiger partial charge in [0.1, 0.15) is 12.2 Å². The Bertz CT molecular complexity index is 672. The Morgan fingerprint density at radius 3 is 3.10 bits per heavy atom. The van der Waals surface area contributed by atoms with Gasteiger partial charge in [0.05, 0.1) is 19.4 Å². The maximum atomic E-state index is 5.21. The molecule has 3 aromatic heterocycles. The minimum absolute atomic E-state index is 0.450. The Morgan fingerprint density at radius 2 is 2.29 bits per heavy atom. The van der Waals surface area contributed by atoms with Crippen molar-refractivity contribution in [3.8, 4) is 11.6 Å². The molecule has 0 amide bonds. The van der Waals surface area contributed by atoms with Crippen molar-refractivity contribution in [2.45, 2.75) is 33.0 Å². The molecule has 0 aliphatic carbocycles. The largest absolute Gasteiger partial charge is 0.461 e. The molecule has 0 atom stereocenters. The first-order chi connectivity index (χ1) is 10.4. The lowest BCUT2D eigenvalue weighted by Crippen LogP contribution is -2.17. The molecule has 3 aromatic rings. The zero-order valence-corrected chi connectivity index (χ0v) is 11.7. The first-order valence-corrected chi connectivity index (χ1v) is 6.80. The number of aromatic nitrogens is 5. The fraction of sp³-hybridized carbons (Fsp3) is 0.385. The minimum atomic E-state index is 0.450. The summed E-state index contributed by atoms with van der Waals surface area (Å²) in [6.45, 7) is 4.09. The molecule has 0 fully saturated rings. The molecule has 8 nitrogen and oxygen atoms in total. The minimum Gasteiger partial charge on any atom is -0.461 e. The summed E-state index contributed by atoms with van der Waals surface area (Å²) in [5.41, 5.74) is 0. The summed E-state index contributed by atoms with van der Waals surface area (Å²) in [6.07, 6.45) is 4.35. The second-order valence-electron chi connectivity index (χ2n) is 4.53. The van der Waals surface area contributed by atoms with Gasteiger partial charge in [-0.25, -0.2) is 0 Å². The van der Waals surface area contributed by atoms with Gasteiger partial charge in [0.25, 0.3) is 0 Å². The topological polar surface area (TPSA) is 94.8 Å². The molecule has 0 bridgehead atoms. The second-order valence-corrected chi connectivity index (χ2v) is 4.53. The predicted molar refractivity (Wildman–Crippen MR) is 72.9 cm³/mol. The molecule has 0 aromatic carbocycles. The Labute approximate surface area is 121 Å². The van der Waals surface area contributed by atoms with E-state index in [0.717, 1.165) is 18.8 Å². The molecular weight excluding hydrogens is 272 g/mol. The van der Waals surface area contributed by atoms with E-state index in [1.165, 1.54) is 0 Å². The van der Waals surface area contributed by atoms with Crippen LogP contribution in [0.3, 0.4) is 0 Å². The van der Waals surface area contributed by atoms with Crippen molar-refractivity contribution >= 4 is 0 Å². The van der Waals surface area contributed by atoms with Crippen molar-refractivity contribution in [1.29, 1.82) is 0 Å². The van der Waals surface area contributed by atoms with Crippen LogP contribution in [0.4, 0.5) is 0 Å². The van der Waals surface area contributed by atoms with Crippen LogP contribution < -0.4 is 5.32 Å². The molecule has 0 saturated heterocycles. The number of nitrogens with zero attached hydrogens (tertiary/aromatic N) is 5. The Balaban J connectivity index is 1.55. The third-order valence-corrected chi connectivity index (χ3v) is 2.93. The molecule has 110 valence electrons. The lowest BCUT2D eigenvalue weighted by Gasteiger charge is -2.04. The van der Waals surface area contributed by atoms with Crippen LogP contribution in [0.1, 0.15) is 25.1 Å². The zero-order chi connectivity index (χ0) is 14.5. The molecule has 0 unspecified atom stereocenters. The van der Waals surface area contributed by atoms with Crippen molar-refractivity contribution in [2.24, 2.45) is 0 Å². The van der Waals surface area contributed by atoms with E-state index in [-0.39, 0.29) is 0 Å². The third kappa shape index (κ3) is 3.16. The van der Waals surface area contributed by atoms with Crippen LogP contribution in [-0.4, -0.2) is 24.9 Å². The molecule has 0 radical (unpaired) electrons. The lowest BCUT2D eigenvalue weighted by atomic mass is 10.4. The van der Waals surface area contributed by atoms with Crippen LogP contribution in [0, 0.1) is 0 Å². The molecule has 8 heteroatoms. The molecule has 3 heterocycles. The number of hydrogen-bond donors (Lipinski definition) is 1. The smallest absolute Gasteiger partial charge is 0.241 e. The van der Waals surface area contributed by atoms with E-state index in [4.69, 9.17) is 8.94 Å². The van der Waals surface area contributed by atoms with Crippen LogP contribution in [-0.2, 0) is 19.6 Å². The fourth-order valence-corrected chi connectivity index (χ4v) is 1.96. The molecule has 1 N–H and O–H groups in total. The van der Waals surface area contributed by atoms with E-state index in [2.05, 4.69) is 32.6 Å². The molecular formula is C13H16N6O2. The number of rotatable bonds is 7. The number of hydrogen-bond acceptors (Lipinski definition) is 7. The third-order valence-electron chi connectivity index (χ3n) is 2.93. The van der Waals surface area contributed by atoms with Gasteiger partial charge in [-0.05, 0) is 18.6 Å². The fourth-order valence-electron chi connectivity index (χ4n) is 1.96. The number of aryl methyl sites for hydroxylation is 1. The Kier molecular flexibility index (Phi) is 4.06. The summed E-state index contributed by atoms with van der Waals surface area (Å²) in [5.74, 6) is 2.43. The van der Waals surface area contributed by atoms with Gasteiger partial charge in [-0.3, -0.25) is 0 Å². The average molecular weight is 288 g/mol. The molecule has 21 heavy (non-hydrogen) atoms. The van der Waals surface area contributed by atoms with E-state index in [0.29, 0.717) is 30.6 Å². The van der Waals surface area contributed by atoms with Gasteiger partial charge >= 0.3 is 0 Å². The van der Waals surface area contributed by atoms with Crippen molar-refractivity contribution in [1.82, 2.24) is 30.2 Å². The van der Waals surface area contributed by atoms with Gasteiger partial charge < -0.3 is 18.8 Å². The number of nitrogens with one attached hydrogen (secondary N) is 1. The Morgan fingerprint density at radius 1 is 1.33 bits per heavy atom. The molecule has 0 spiro atoms. The molecule has 0 aliphatic rings. The summed E-state index contributed by atoms with van der Waals surface area (Å²) in [4.78, 5) is 4.25. The van der Waals surface area contributed by atoms with Gasteiger partial charge in [0.2, 0.25) is 11.7 Å². The van der Waals surface area contributed by atoms with Gasteiger partial charge in [-0.15, -0.1) is 10.2 Å². The average Bonchev–Trinajstić information content (AvgIpc) is 3.19. The predicted octanol–water partition coefficient (Wildman–Crippen LogP) is 1.62. The summed E-state index contributed by atoms with van der Waals surface area (Å²) < 4.78 is 12.4. The highest BCUT2D eigenvalue weighted by atomic mass is 16.5. The van der Waals surface area contributed by atoms with E-state index in [1.54, 1.807) is 24.7 Å². The summed E-state index contributed by atoms with van der Waals surface area (Å²) in [6, 6.07) is 3.57. The second kappa shape index (κ2) is 6.31. The van der Waals surface area contributed by atoms with Gasteiger partial charge in [-0.2, -0.15) is 4.98 Å². The van der Waals surface area contributed by atoms with Crippen LogP contribution in [0.5, 0.6) is 0 Å². The monoisotopic (exact) mass is 288 g/mol. The normalized spacial score (nSPS) is 11.1. The van der Waals surface area contributed by atoms with Crippen molar-refractivity contribution in [3.05, 3.63) is 36.4 Å². The van der Waals surface area contributed by atoms with Crippen LogP contribution in [0.25, 0.3) is 11.6 Å². The highest BCUT2D eigenvalue weighted by Crippen LogP contribution is 2.15. The maximum absolute atomic E-state index is 5.21. The van der Waals surface area contributed by atoms with E-state index in [1.807, 2.05) is 4.57 Å². The highest BCUT2D eigenvalue weighted by Gasteiger charge is 2.11. The quantitative estimate of drug-likeness (QED) is 0.705.